The van der Waals surface area contributed by atoms with Crippen molar-refractivity contribution in [3.05, 3.63) is 41.0 Å². The van der Waals surface area contributed by atoms with Crippen molar-refractivity contribution in [2.24, 2.45) is 11.3 Å². The minimum atomic E-state index is -0.917. The number of carboxylic acids is 1. The Labute approximate surface area is 154 Å². The summed E-state index contributed by atoms with van der Waals surface area (Å²) in [7, 11) is 0. The number of aromatic nitrogens is 2. The van der Waals surface area contributed by atoms with Crippen LogP contribution in [0, 0.1) is 11.3 Å². The molecule has 1 amide bonds. The molecule has 1 aromatic heterocycles. The molecule has 2 aliphatic rings. The Morgan fingerprint density at radius 1 is 1.38 bits per heavy atom. The van der Waals surface area contributed by atoms with Crippen LogP contribution < -0.4 is 0 Å². The molecule has 0 saturated carbocycles. The maximum Gasteiger partial charge on any atom is 0.311 e. The second-order valence-corrected chi connectivity index (χ2v) is 7.22. The Kier molecular flexibility index (Phi) is 4.20. The number of nitrogens with zero attached hydrogens (tertiary/aromatic N) is 2. The first-order valence-electron chi connectivity index (χ1n) is 8.42. The third-order valence-electron chi connectivity index (χ3n) is 5.38. The van der Waals surface area contributed by atoms with Crippen molar-refractivity contribution < 1.29 is 19.4 Å². The molecule has 2 saturated heterocycles. The fraction of sp³-hybridized carbons (Fsp3) is 0.389. The van der Waals surface area contributed by atoms with Gasteiger partial charge in [-0.15, -0.1) is 0 Å². The van der Waals surface area contributed by atoms with Crippen LogP contribution in [0.3, 0.4) is 0 Å². The topological polar surface area (TPSA) is 95.5 Å². The van der Waals surface area contributed by atoms with Gasteiger partial charge in [-0.05, 0) is 18.6 Å². The first-order chi connectivity index (χ1) is 12.5. The lowest BCUT2D eigenvalue weighted by atomic mass is 9.74. The van der Waals surface area contributed by atoms with Crippen molar-refractivity contribution in [2.75, 3.05) is 26.3 Å². The number of nitrogens with one attached hydrogen (secondary N) is 1. The number of carboxylic acid groups (broad SMARTS) is 1. The number of benzene rings is 1. The number of hydrogen-bond donors (Lipinski definition) is 2. The van der Waals surface area contributed by atoms with Gasteiger partial charge in [0.05, 0.1) is 22.7 Å². The van der Waals surface area contributed by atoms with E-state index in [0.29, 0.717) is 42.6 Å². The highest BCUT2D eigenvalue weighted by Crippen LogP contribution is 2.42. The van der Waals surface area contributed by atoms with E-state index in [1.54, 1.807) is 17.0 Å². The Morgan fingerprint density at radius 2 is 2.19 bits per heavy atom. The molecule has 0 aliphatic carbocycles. The number of hydrogen-bond acceptors (Lipinski definition) is 4. The Balaban J connectivity index is 1.58. The highest BCUT2D eigenvalue weighted by Gasteiger charge is 2.55. The highest BCUT2D eigenvalue weighted by molar-refractivity contribution is 6.33. The molecule has 7 nitrogen and oxygen atoms in total. The van der Waals surface area contributed by atoms with Gasteiger partial charge in [0.1, 0.15) is 5.69 Å². The normalized spacial score (nSPS) is 25.1. The number of fused-ring (bicyclic) bond motifs is 1. The van der Waals surface area contributed by atoms with Crippen molar-refractivity contribution in [1.82, 2.24) is 15.1 Å². The molecule has 0 radical (unpaired) electrons. The van der Waals surface area contributed by atoms with E-state index in [1.165, 1.54) is 0 Å². The number of rotatable bonds is 3. The molecule has 2 atom stereocenters. The molecule has 26 heavy (non-hydrogen) atoms. The second kappa shape index (κ2) is 6.41. The zero-order valence-corrected chi connectivity index (χ0v) is 14.7. The van der Waals surface area contributed by atoms with Crippen LogP contribution in [0.2, 0.25) is 5.02 Å². The number of likely N-dealkylation sites (tertiary alicyclic amines) is 1. The van der Waals surface area contributed by atoms with E-state index >= 15 is 0 Å². The predicted octanol–water partition coefficient (Wildman–Crippen LogP) is 2.29. The lowest BCUT2D eigenvalue weighted by Gasteiger charge is -2.33. The van der Waals surface area contributed by atoms with Crippen molar-refractivity contribution in [3.63, 3.8) is 0 Å². The SMILES string of the molecule is O=C(c1cc(-c2ccccc2Cl)n[nH]1)N1C[C@H]2COCC[C@@]2(C(=O)O)C1. The van der Waals surface area contributed by atoms with Gasteiger partial charge in [-0.1, -0.05) is 29.8 Å². The van der Waals surface area contributed by atoms with Gasteiger partial charge >= 0.3 is 5.97 Å². The minimum Gasteiger partial charge on any atom is -0.481 e. The van der Waals surface area contributed by atoms with Gasteiger partial charge in [-0.3, -0.25) is 14.7 Å². The van der Waals surface area contributed by atoms with Crippen LogP contribution in [0.5, 0.6) is 0 Å². The predicted molar refractivity (Wildman–Crippen MR) is 93.9 cm³/mol. The summed E-state index contributed by atoms with van der Waals surface area (Å²) in [6, 6.07) is 8.90. The van der Waals surface area contributed by atoms with Crippen LogP contribution in [0.15, 0.2) is 30.3 Å². The lowest BCUT2D eigenvalue weighted by molar-refractivity contribution is -0.157. The number of carbonyl (C=O) groups excluding carboxylic acids is 1. The maximum atomic E-state index is 12.9. The zero-order chi connectivity index (χ0) is 18.3. The average molecular weight is 376 g/mol. The van der Waals surface area contributed by atoms with Crippen molar-refractivity contribution in [3.8, 4) is 11.3 Å². The highest BCUT2D eigenvalue weighted by atomic mass is 35.5. The van der Waals surface area contributed by atoms with Gasteiger partial charge in [0.25, 0.3) is 5.91 Å². The quantitative estimate of drug-likeness (QED) is 0.858. The van der Waals surface area contributed by atoms with Gasteiger partial charge in [-0.25, -0.2) is 0 Å². The molecule has 8 heteroatoms. The molecule has 0 bridgehead atoms. The number of aromatic amines is 1. The number of H-pyrrole nitrogens is 1. The first kappa shape index (κ1) is 17.1. The van der Waals surface area contributed by atoms with E-state index in [0.717, 1.165) is 5.56 Å². The van der Waals surface area contributed by atoms with Crippen LogP contribution in [0.1, 0.15) is 16.9 Å². The fourth-order valence-electron chi connectivity index (χ4n) is 3.86. The Bertz CT molecular complexity index is 868. The van der Waals surface area contributed by atoms with Crippen molar-refractivity contribution in [1.29, 1.82) is 0 Å². The molecule has 2 N–H and O–H groups in total. The summed E-state index contributed by atoms with van der Waals surface area (Å²) in [6.07, 6.45) is 0.421. The van der Waals surface area contributed by atoms with Gasteiger partial charge in [0.15, 0.2) is 0 Å². The van der Waals surface area contributed by atoms with Crippen LogP contribution in [-0.4, -0.2) is 58.4 Å². The van der Waals surface area contributed by atoms with Crippen molar-refractivity contribution >= 4 is 23.5 Å². The summed E-state index contributed by atoms with van der Waals surface area (Å²) in [5.74, 6) is -1.31. The molecule has 136 valence electrons. The molecule has 0 unspecified atom stereocenters. The molecular weight excluding hydrogens is 358 g/mol. The molecular formula is C18H18ClN3O4. The van der Waals surface area contributed by atoms with Gasteiger partial charge in [0, 0.05) is 31.2 Å². The van der Waals surface area contributed by atoms with E-state index in [9.17, 15) is 14.7 Å². The molecule has 4 rings (SSSR count). The molecule has 2 aromatic rings. The number of amides is 1. The van der Waals surface area contributed by atoms with Crippen LogP contribution in [-0.2, 0) is 9.53 Å². The number of aliphatic carboxylic acids is 1. The van der Waals surface area contributed by atoms with Crippen LogP contribution in [0.4, 0.5) is 0 Å². The third-order valence-corrected chi connectivity index (χ3v) is 5.71. The van der Waals surface area contributed by atoms with E-state index in [-0.39, 0.29) is 18.4 Å². The van der Waals surface area contributed by atoms with Gasteiger partial charge < -0.3 is 14.7 Å². The first-order valence-corrected chi connectivity index (χ1v) is 8.80. The third kappa shape index (κ3) is 2.68. The maximum absolute atomic E-state index is 12.9. The summed E-state index contributed by atoms with van der Waals surface area (Å²) >= 11 is 6.18. The number of ether oxygens (including phenoxy) is 1. The Hall–Kier alpha value is -2.38. The summed E-state index contributed by atoms with van der Waals surface area (Å²) in [5, 5.41) is 17.2. The molecule has 2 aliphatic heterocycles. The average Bonchev–Trinajstić information content (AvgIpc) is 3.27. The standard InChI is InChI=1S/C18H18ClN3O4/c19-13-4-2-1-3-12(13)14-7-15(21-20-14)16(23)22-8-11-9-26-6-5-18(11,10-22)17(24)25/h1-4,7,11H,5-6,8-10H2,(H,20,21)(H,24,25)/t11-,18+/m0/s1. The number of carbonyl (C=O) groups is 2. The van der Waals surface area contributed by atoms with Crippen LogP contribution >= 0.6 is 11.6 Å². The molecule has 2 fully saturated rings. The summed E-state index contributed by atoms with van der Waals surface area (Å²) in [4.78, 5) is 26.3. The minimum absolute atomic E-state index is 0.190. The second-order valence-electron chi connectivity index (χ2n) is 6.82. The van der Waals surface area contributed by atoms with E-state index in [4.69, 9.17) is 16.3 Å². The van der Waals surface area contributed by atoms with E-state index in [2.05, 4.69) is 10.2 Å². The summed E-state index contributed by atoms with van der Waals surface area (Å²) in [6.45, 7) is 1.33. The fourth-order valence-corrected chi connectivity index (χ4v) is 4.10. The molecule has 3 heterocycles. The van der Waals surface area contributed by atoms with Gasteiger partial charge in [-0.2, -0.15) is 5.10 Å². The van der Waals surface area contributed by atoms with Crippen LogP contribution in [0.25, 0.3) is 11.3 Å². The Morgan fingerprint density at radius 3 is 2.92 bits per heavy atom. The van der Waals surface area contributed by atoms with E-state index < -0.39 is 11.4 Å². The summed E-state index contributed by atoms with van der Waals surface area (Å²) in [5.41, 5.74) is 0.710. The monoisotopic (exact) mass is 375 g/mol. The van der Waals surface area contributed by atoms with Crippen molar-refractivity contribution in [2.45, 2.75) is 6.42 Å². The zero-order valence-electron chi connectivity index (χ0n) is 13.9. The largest absolute Gasteiger partial charge is 0.481 e. The smallest absolute Gasteiger partial charge is 0.311 e. The summed E-state index contributed by atoms with van der Waals surface area (Å²) < 4.78 is 5.43. The molecule has 1 aromatic carbocycles. The lowest BCUT2D eigenvalue weighted by Crippen LogP contribution is -2.45. The number of halogens is 1. The van der Waals surface area contributed by atoms with E-state index in [1.807, 2.05) is 18.2 Å². The van der Waals surface area contributed by atoms with Gasteiger partial charge in [0.2, 0.25) is 0 Å². The molecule has 0 spiro atoms.